The third-order valence-electron chi connectivity index (χ3n) is 10.8. The van der Waals surface area contributed by atoms with Gasteiger partial charge in [-0.3, -0.25) is 18.6 Å². The number of aliphatic hydroxyl groups is 6. The molecule has 1 saturated carbocycles. The fourth-order valence-corrected chi connectivity index (χ4v) is 7.82. The topological polar surface area (TPSA) is 230 Å². The molecule has 0 aromatic rings. The number of aliphatic hydroxyl groups excluding tert-OH is 6. The molecule has 1 rings (SSSR count). The van der Waals surface area contributed by atoms with Crippen LogP contribution in [0.15, 0.2) is 85.1 Å². The Morgan fingerprint density at radius 1 is 0.561 bits per heavy atom. The molecule has 0 aliphatic heterocycles. The summed E-state index contributed by atoms with van der Waals surface area (Å²) in [4.78, 5) is 35.8. The molecule has 0 amide bonds. The van der Waals surface area contributed by atoms with E-state index in [0.29, 0.717) is 32.1 Å². The fraction of sp³-hybridized carbons (Fsp3) is 0.686. The van der Waals surface area contributed by atoms with Gasteiger partial charge in [-0.05, 0) is 77.0 Å². The fourth-order valence-electron chi connectivity index (χ4n) is 6.85. The number of hydrogen-bond acceptors (Lipinski definition) is 13. The predicted octanol–water partition coefficient (Wildman–Crippen LogP) is 9.03. The van der Waals surface area contributed by atoms with Crippen molar-refractivity contribution < 1.29 is 68.2 Å². The summed E-state index contributed by atoms with van der Waals surface area (Å²) >= 11 is 0. The van der Waals surface area contributed by atoms with E-state index in [2.05, 4.69) is 50.3 Å². The minimum Gasteiger partial charge on any atom is -0.462 e. The molecular weight excluding hydrogens is 868 g/mol. The van der Waals surface area contributed by atoms with Gasteiger partial charge in [0, 0.05) is 12.8 Å². The van der Waals surface area contributed by atoms with Gasteiger partial charge in [0.25, 0.3) is 0 Å². The molecule has 0 bridgehead atoms. The highest BCUT2D eigenvalue weighted by atomic mass is 31.2. The molecule has 0 saturated heterocycles. The van der Waals surface area contributed by atoms with Gasteiger partial charge in [0.1, 0.15) is 43.2 Å². The van der Waals surface area contributed by atoms with Crippen LogP contribution in [0.5, 0.6) is 0 Å². The van der Waals surface area contributed by atoms with Gasteiger partial charge in [-0.25, -0.2) is 4.57 Å². The van der Waals surface area contributed by atoms with E-state index in [1.807, 2.05) is 36.5 Å². The van der Waals surface area contributed by atoms with Crippen molar-refractivity contribution in [3.63, 3.8) is 0 Å². The zero-order valence-corrected chi connectivity index (χ0v) is 40.7. The molecule has 1 fully saturated rings. The van der Waals surface area contributed by atoms with Crippen molar-refractivity contribution in [2.45, 2.75) is 210 Å². The van der Waals surface area contributed by atoms with Crippen LogP contribution in [0.3, 0.4) is 0 Å². The van der Waals surface area contributed by atoms with Gasteiger partial charge in [-0.15, -0.1) is 0 Å². The number of phosphoric ester groups is 1. The number of ether oxygens (including phenoxy) is 2. The number of esters is 2. The standard InChI is InChI=1S/C51H85O14P/c1-3-5-7-9-11-12-13-14-15-16-17-18-19-20-21-22-26-30-34-38-44(53)62-40-43(41-63-66(60,61)65-51-49(58)47(56)46(55)48(57)50(51)59)64-45(54)39-35-31-27-24-23-25-29-33-37-42(52)36-32-28-10-8-6-4-2/h6,8,11-12,14-15,24-25,27-29,32-33,37,42-43,46-52,55-59H,3-5,7,9-10,13,16-23,26,30-31,34-36,38-41H2,1-2H3,(H,60,61)/b8-6-,12-11-,15-14-,27-24-,29-25-,32-28-,37-33+/t42?,43-,46?,47-,48+,49-,50-,51?/m1/s1. The van der Waals surface area contributed by atoms with Crippen LogP contribution in [0.2, 0.25) is 0 Å². The Balaban J connectivity index is 2.50. The van der Waals surface area contributed by atoms with Crippen LogP contribution in [-0.4, -0.2) is 110 Å². The van der Waals surface area contributed by atoms with Gasteiger partial charge in [-0.2, -0.15) is 0 Å². The summed E-state index contributed by atoms with van der Waals surface area (Å²) < 4.78 is 33.5. The maximum atomic E-state index is 12.8. The van der Waals surface area contributed by atoms with E-state index >= 15 is 0 Å². The third kappa shape index (κ3) is 31.9. The number of carbonyl (C=O) groups is 2. The van der Waals surface area contributed by atoms with Crippen molar-refractivity contribution in [2.24, 2.45) is 0 Å². The molecule has 0 spiro atoms. The Hall–Kier alpha value is -3.01. The highest BCUT2D eigenvalue weighted by molar-refractivity contribution is 7.47. The van der Waals surface area contributed by atoms with E-state index in [-0.39, 0.29) is 12.8 Å². The molecule has 1 aliphatic carbocycles. The summed E-state index contributed by atoms with van der Waals surface area (Å²) in [6.07, 6.45) is 35.1. The van der Waals surface area contributed by atoms with Crippen LogP contribution in [0.25, 0.3) is 0 Å². The molecule has 14 nitrogen and oxygen atoms in total. The Morgan fingerprint density at radius 3 is 1.67 bits per heavy atom. The van der Waals surface area contributed by atoms with Crippen LogP contribution < -0.4 is 0 Å². The van der Waals surface area contributed by atoms with E-state index in [4.69, 9.17) is 18.5 Å². The van der Waals surface area contributed by atoms with Crippen LogP contribution in [0.1, 0.15) is 162 Å². The number of allylic oxidation sites excluding steroid dienone is 12. The van der Waals surface area contributed by atoms with Gasteiger partial charge in [0.2, 0.25) is 0 Å². The lowest BCUT2D eigenvalue weighted by Crippen LogP contribution is -2.64. The highest BCUT2D eigenvalue weighted by Gasteiger charge is 2.51. The third-order valence-corrected chi connectivity index (χ3v) is 11.8. The second kappa shape index (κ2) is 39.9. The molecule has 15 heteroatoms. The summed E-state index contributed by atoms with van der Waals surface area (Å²) in [5.41, 5.74) is 0. The molecule has 0 aromatic heterocycles. The highest BCUT2D eigenvalue weighted by Crippen LogP contribution is 2.47. The first kappa shape index (κ1) is 61.0. The lowest BCUT2D eigenvalue weighted by Gasteiger charge is -2.41. The van der Waals surface area contributed by atoms with Gasteiger partial charge < -0.3 is 45.0 Å². The van der Waals surface area contributed by atoms with Crippen molar-refractivity contribution >= 4 is 19.8 Å². The average Bonchev–Trinajstić information content (AvgIpc) is 3.29. The summed E-state index contributed by atoms with van der Waals surface area (Å²) in [6, 6.07) is 0. The Labute approximate surface area is 395 Å². The first-order valence-electron chi connectivity index (χ1n) is 24.5. The van der Waals surface area contributed by atoms with E-state index in [0.717, 1.165) is 51.4 Å². The molecule has 0 radical (unpaired) electrons. The molecule has 1 aliphatic rings. The van der Waals surface area contributed by atoms with Crippen LogP contribution in [0, 0.1) is 0 Å². The summed E-state index contributed by atoms with van der Waals surface area (Å²) in [6.45, 7) is 3.04. The molecule has 0 heterocycles. The number of rotatable bonds is 39. The van der Waals surface area contributed by atoms with E-state index < -0.39 is 81.8 Å². The molecule has 66 heavy (non-hydrogen) atoms. The molecule has 7 N–H and O–H groups in total. The normalized spacial score (nSPS) is 22.5. The Kier molecular flexibility index (Phi) is 36.9. The Morgan fingerprint density at radius 2 is 1.06 bits per heavy atom. The lowest BCUT2D eigenvalue weighted by atomic mass is 9.85. The van der Waals surface area contributed by atoms with Crippen molar-refractivity contribution in [1.29, 1.82) is 0 Å². The van der Waals surface area contributed by atoms with Crippen molar-refractivity contribution in [3.8, 4) is 0 Å². The van der Waals surface area contributed by atoms with E-state index in [1.54, 1.807) is 12.2 Å². The largest absolute Gasteiger partial charge is 0.472 e. The molecule has 378 valence electrons. The number of unbranched alkanes of at least 4 members (excludes halogenated alkanes) is 13. The first-order chi connectivity index (χ1) is 31.8. The van der Waals surface area contributed by atoms with Gasteiger partial charge in [0.05, 0.1) is 12.7 Å². The SMILES string of the molecule is CC/C=C\C/C=C\CC(O)/C=C/C=C\C/C=C\CCCC(=O)O[C@H](COC(=O)CCCCCCCCCCC/C=C\C/C=C\CCCCC)COP(=O)(O)OC1[C@H](O)[C@H](O)C(O)[C@H](O)[C@H]1O. The monoisotopic (exact) mass is 953 g/mol. The summed E-state index contributed by atoms with van der Waals surface area (Å²) in [7, 11) is -5.16. The lowest BCUT2D eigenvalue weighted by molar-refractivity contribution is -0.220. The molecular formula is C51H85O14P. The summed E-state index contributed by atoms with van der Waals surface area (Å²) in [5.74, 6) is -1.22. The smallest absolute Gasteiger partial charge is 0.462 e. The van der Waals surface area contributed by atoms with Crippen LogP contribution in [0.4, 0.5) is 0 Å². The zero-order valence-electron chi connectivity index (χ0n) is 39.8. The zero-order chi connectivity index (χ0) is 48.7. The minimum atomic E-state index is -5.16. The molecule has 4 unspecified atom stereocenters. The maximum Gasteiger partial charge on any atom is 0.472 e. The van der Waals surface area contributed by atoms with E-state index in [1.165, 1.54) is 51.4 Å². The van der Waals surface area contributed by atoms with Crippen LogP contribution in [-0.2, 0) is 32.7 Å². The second-order valence-electron chi connectivity index (χ2n) is 16.8. The van der Waals surface area contributed by atoms with Crippen molar-refractivity contribution in [2.75, 3.05) is 13.2 Å². The van der Waals surface area contributed by atoms with Gasteiger partial charge >= 0.3 is 19.8 Å². The minimum absolute atomic E-state index is 0.0187. The van der Waals surface area contributed by atoms with Crippen molar-refractivity contribution in [3.05, 3.63) is 85.1 Å². The Bertz CT molecular complexity index is 1490. The summed E-state index contributed by atoms with van der Waals surface area (Å²) in [5, 5.41) is 60.3. The molecule has 9 atom stereocenters. The maximum absolute atomic E-state index is 12.8. The first-order valence-corrected chi connectivity index (χ1v) is 26.0. The van der Waals surface area contributed by atoms with E-state index in [9.17, 15) is 49.7 Å². The number of phosphoric acid groups is 1. The van der Waals surface area contributed by atoms with Crippen molar-refractivity contribution in [1.82, 2.24) is 0 Å². The second-order valence-corrected chi connectivity index (χ2v) is 18.2. The number of carbonyl (C=O) groups excluding carboxylic acids is 2. The quantitative estimate of drug-likeness (QED) is 0.0100. The predicted molar refractivity (Wildman–Crippen MR) is 259 cm³/mol. The van der Waals surface area contributed by atoms with Crippen LogP contribution >= 0.6 is 7.82 Å². The molecule has 0 aromatic carbocycles. The van der Waals surface area contributed by atoms with Gasteiger partial charge in [0.15, 0.2) is 6.10 Å². The average molecular weight is 953 g/mol. The van der Waals surface area contributed by atoms with Gasteiger partial charge in [-0.1, -0.05) is 157 Å². The number of hydrogen-bond donors (Lipinski definition) is 7.